The van der Waals surface area contributed by atoms with Crippen LogP contribution in [0.2, 0.25) is 0 Å². The number of nitrogens with one attached hydrogen (secondary N) is 2. The maximum Gasteiger partial charge on any atom is 0.304 e. The monoisotopic (exact) mass is 428 g/mol. The number of carbonyl (C=O) groups is 2. The average molecular weight is 429 g/mol. The molecule has 4 rings (SSSR count). The predicted molar refractivity (Wildman–Crippen MR) is 123 cm³/mol. The van der Waals surface area contributed by atoms with Gasteiger partial charge >= 0.3 is 5.91 Å². The number of methoxy groups -OCH3 is 1. The first-order valence-electron chi connectivity index (χ1n) is 10.5. The molecule has 1 heterocycles. The first-order valence-corrected chi connectivity index (χ1v) is 10.5. The molecular weight excluding hydrogens is 402 g/mol. The van der Waals surface area contributed by atoms with Crippen molar-refractivity contribution >= 4 is 18.0 Å². The number of nitrogens with zero attached hydrogens (tertiary/aromatic N) is 1. The number of carbonyl (C=O) groups excluding carboxylic acids is 2. The van der Waals surface area contributed by atoms with E-state index in [9.17, 15) is 9.59 Å². The summed E-state index contributed by atoms with van der Waals surface area (Å²) in [7, 11) is 1.61. The van der Waals surface area contributed by atoms with Gasteiger partial charge in [-0.25, -0.2) is 0 Å². The molecule has 2 atom stereocenters. The number of rotatable bonds is 5. The van der Waals surface area contributed by atoms with Gasteiger partial charge in [-0.05, 0) is 61.9 Å². The van der Waals surface area contributed by atoms with Crippen LogP contribution in [0.4, 0.5) is 0 Å². The lowest BCUT2D eigenvalue weighted by Crippen LogP contribution is -2.42. The molecule has 1 aliphatic rings. The third-order valence-electron chi connectivity index (χ3n) is 5.63. The molecule has 3 aromatic carbocycles. The van der Waals surface area contributed by atoms with Crippen LogP contribution in [0.5, 0.6) is 5.75 Å². The average Bonchev–Trinajstić information content (AvgIpc) is 3.10. The second-order valence-electron chi connectivity index (χ2n) is 7.91. The lowest BCUT2D eigenvalue weighted by Gasteiger charge is -2.15. The van der Waals surface area contributed by atoms with Crippen molar-refractivity contribution in [3.63, 3.8) is 0 Å². The zero-order chi connectivity index (χ0) is 22.7. The second-order valence-corrected chi connectivity index (χ2v) is 7.91. The van der Waals surface area contributed by atoms with Crippen molar-refractivity contribution in [1.82, 2.24) is 10.7 Å². The highest BCUT2D eigenvalue weighted by atomic mass is 16.5. The molecule has 32 heavy (non-hydrogen) atoms. The van der Waals surface area contributed by atoms with E-state index < -0.39 is 12.1 Å². The minimum absolute atomic E-state index is 0.267. The summed E-state index contributed by atoms with van der Waals surface area (Å²) < 4.78 is 7.05. The zero-order valence-electron chi connectivity index (χ0n) is 18.3. The van der Waals surface area contributed by atoms with Gasteiger partial charge in [0.15, 0.2) is 6.04 Å². The Balaban J connectivity index is 1.72. The molecule has 162 valence electrons. The fourth-order valence-corrected chi connectivity index (χ4v) is 3.87. The van der Waals surface area contributed by atoms with Gasteiger partial charge in [0.05, 0.1) is 7.11 Å². The maximum atomic E-state index is 13.0. The molecule has 0 bridgehead atoms. The number of benzene rings is 3. The SMILES string of the molecule is COc1ccc([C@H]2[C@H](NC(=O)c3cccc(C)c3)C(=O)N/[N+]2=C\c2ccccc2C)cc1. The molecule has 0 saturated carbocycles. The van der Waals surface area contributed by atoms with Gasteiger partial charge in [0.25, 0.3) is 5.91 Å². The van der Waals surface area contributed by atoms with Gasteiger partial charge in [-0.3, -0.25) is 9.59 Å². The number of hydrazine groups is 1. The van der Waals surface area contributed by atoms with Crippen molar-refractivity contribution in [2.24, 2.45) is 0 Å². The van der Waals surface area contributed by atoms with Gasteiger partial charge in [0, 0.05) is 16.7 Å². The third-order valence-corrected chi connectivity index (χ3v) is 5.63. The van der Waals surface area contributed by atoms with Crippen LogP contribution in [0, 0.1) is 13.8 Å². The Morgan fingerprint density at radius 2 is 1.78 bits per heavy atom. The Hall–Kier alpha value is -3.93. The highest BCUT2D eigenvalue weighted by Gasteiger charge is 2.47. The van der Waals surface area contributed by atoms with E-state index in [-0.39, 0.29) is 11.8 Å². The van der Waals surface area contributed by atoms with E-state index in [1.807, 2.05) is 86.8 Å². The first kappa shape index (κ1) is 21.3. The van der Waals surface area contributed by atoms with Gasteiger partial charge in [-0.2, -0.15) is 0 Å². The quantitative estimate of drug-likeness (QED) is 0.613. The summed E-state index contributed by atoms with van der Waals surface area (Å²) in [6.45, 7) is 3.95. The largest absolute Gasteiger partial charge is 0.497 e. The van der Waals surface area contributed by atoms with E-state index in [1.165, 1.54) is 0 Å². The van der Waals surface area contributed by atoms with Crippen molar-refractivity contribution < 1.29 is 19.0 Å². The minimum atomic E-state index is -0.767. The van der Waals surface area contributed by atoms with Gasteiger partial charge in [0.1, 0.15) is 5.75 Å². The summed E-state index contributed by atoms with van der Waals surface area (Å²) in [5.41, 5.74) is 7.37. The maximum absolute atomic E-state index is 13.0. The van der Waals surface area contributed by atoms with E-state index in [0.717, 1.165) is 28.0 Å². The Labute approximate surface area is 187 Å². The fourth-order valence-electron chi connectivity index (χ4n) is 3.87. The molecule has 6 heteroatoms. The third kappa shape index (κ3) is 4.39. The van der Waals surface area contributed by atoms with Crippen molar-refractivity contribution in [2.75, 3.05) is 7.11 Å². The topological polar surface area (TPSA) is 70.4 Å². The summed E-state index contributed by atoms with van der Waals surface area (Å²) in [5.74, 6) is 0.169. The van der Waals surface area contributed by atoms with Crippen molar-refractivity contribution in [1.29, 1.82) is 0 Å². The number of hydrogen-bond acceptors (Lipinski definition) is 3. The van der Waals surface area contributed by atoms with E-state index in [1.54, 1.807) is 17.9 Å². The van der Waals surface area contributed by atoms with E-state index in [0.29, 0.717) is 5.56 Å². The highest BCUT2D eigenvalue weighted by molar-refractivity contribution is 5.98. The highest BCUT2D eigenvalue weighted by Crippen LogP contribution is 2.27. The van der Waals surface area contributed by atoms with Crippen LogP contribution in [-0.4, -0.2) is 35.9 Å². The van der Waals surface area contributed by atoms with Crippen LogP contribution in [0.25, 0.3) is 0 Å². The summed E-state index contributed by atoms with van der Waals surface area (Å²) in [6, 6.07) is 21.6. The Kier molecular flexibility index (Phi) is 6.03. The molecule has 2 N–H and O–H groups in total. The molecule has 1 fully saturated rings. The summed E-state index contributed by atoms with van der Waals surface area (Å²) in [5, 5.41) is 2.94. The Morgan fingerprint density at radius 3 is 2.47 bits per heavy atom. The number of hydrogen-bond donors (Lipinski definition) is 2. The van der Waals surface area contributed by atoms with Crippen molar-refractivity contribution in [2.45, 2.75) is 25.9 Å². The number of ether oxygens (including phenoxy) is 1. The van der Waals surface area contributed by atoms with E-state index >= 15 is 0 Å². The van der Waals surface area contributed by atoms with Crippen LogP contribution in [0.3, 0.4) is 0 Å². The minimum Gasteiger partial charge on any atom is -0.497 e. The Bertz CT molecular complexity index is 1180. The van der Waals surface area contributed by atoms with Gasteiger partial charge in [0.2, 0.25) is 12.3 Å². The lowest BCUT2D eigenvalue weighted by molar-refractivity contribution is -0.596. The summed E-state index contributed by atoms with van der Waals surface area (Å²) in [6.07, 6.45) is 1.90. The van der Waals surface area contributed by atoms with Crippen LogP contribution < -0.4 is 15.5 Å². The molecule has 0 radical (unpaired) electrons. The molecule has 1 saturated heterocycles. The standard InChI is InChI=1S/C26H25N3O3/c1-17-7-6-10-20(15-17)25(30)27-23-24(19-11-13-22(32-3)14-12-19)29(28-26(23)31)16-21-9-5-4-8-18(21)2/h4-16,23-24H,1-3H3,(H-,27,28,30,31)/p+1/b29-16-/t23-,24-/m0/s1. The molecule has 3 aromatic rings. The van der Waals surface area contributed by atoms with Crippen molar-refractivity contribution in [3.8, 4) is 5.75 Å². The van der Waals surface area contributed by atoms with Crippen molar-refractivity contribution in [3.05, 3.63) is 101 Å². The molecule has 1 aliphatic heterocycles. The van der Waals surface area contributed by atoms with Gasteiger partial charge in [-0.15, -0.1) is 10.1 Å². The number of aryl methyl sites for hydroxylation is 2. The first-order chi connectivity index (χ1) is 15.5. The molecular formula is C26H26N3O3+. The molecule has 0 aliphatic carbocycles. The predicted octanol–water partition coefficient (Wildman–Crippen LogP) is 3.33. The molecule has 6 nitrogen and oxygen atoms in total. The van der Waals surface area contributed by atoms with Gasteiger partial charge < -0.3 is 10.1 Å². The Morgan fingerprint density at radius 1 is 1.03 bits per heavy atom. The van der Waals surface area contributed by atoms with Crippen LogP contribution in [0.1, 0.15) is 38.7 Å². The fraction of sp³-hybridized carbons (Fsp3) is 0.192. The van der Waals surface area contributed by atoms with E-state index in [2.05, 4.69) is 10.7 Å². The lowest BCUT2D eigenvalue weighted by atomic mass is 9.99. The second kappa shape index (κ2) is 9.06. The zero-order valence-corrected chi connectivity index (χ0v) is 18.3. The number of hydrazone groups is 1. The summed E-state index contributed by atoms with van der Waals surface area (Å²) in [4.78, 5) is 25.9. The van der Waals surface area contributed by atoms with Crippen LogP contribution >= 0.6 is 0 Å². The van der Waals surface area contributed by atoms with Gasteiger partial charge in [-0.1, -0.05) is 35.9 Å². The molecule has 0 spiro atoms. The van der Waals surface area contributed by atoms with Crippen LogP contribution in [-0.2, 0) is 4.79 Å². The number of amides is 2. The smallest absolute Gasteiger partial charge is 0.304 e. The van der Waals surface area contributed by atoms with Crippen LogP contribution in [0.15, 0.2) is 72.8 Å². The molecule has 0 aromatic heterocycles. The summed E-state index contributed by atoms with van der Waals surface area (Å²) >= 11 is 0. The molecule has 2 amide bonds. The molecule has 0 unspecified atom stereocenters. The van der Waals surface area contributed by atoms with E-state index in [4.69, 9.17) is 4.74 Å². The normalized spacial score (nSPS) is 19.0.